The van der Waals surface area contributed by atoms with Crippen molar-refractivity contribution in [3.8, 4) is 6.07 Å². The molecule has 0 radical (unpaired) electrons. The molecule has 0 fully saturated rings. The molecular weight excluding hydrogens is 330 g/mol. The van der Waals surface area contributed by atoms with Crippen LogP contribution in [0.5, 0.6) is 0 Å². The highest BCUT2D eigenvalue weighted by atomic mass is 16.2. The molecule has 0 aromatic heterocycles. The minimum atomic E-state index is -0.235. The number of amides is 1. The molecule has 2 atom stereocenters. The summed E-state index contributed by atoms with van der Waals surface area (Å²) >= 11 is 0. The van der Waals surface area contributed by atoms with Crippen molar-refractivity contribution in [3.05, 3.63) is 71.8 Å². The average molecular weight is 347 g/mol. The van der Waals surface area contributed by atoms with Gasteiger partial charge in [0.15, 0.2) is 0 Å². The average Bonchev–Trinajstić information content (AvgIpc) is 3.12. The maximum atomic E-state index is 12.6. The van der Waals surface area contributed by atoms with Crippen LogP contribution in [0.1, 0.15) is 11.1 Å². The molecule has 26 heavy (non-hydrogen) atoms. The van der Waals surface area contributed by atoms with Crippen molar-refractivity contribution in [2.24, 2.45) is 5.10 Å². The van der Waals surface area contributed by atoms with E-state index in [0.29, 0.717) is 23.5 Å². The number of rotatable bonds is 3. The number of carbonyl (C=O) groups is 1. The molecule has 3 aliphatic rings. The molecule has 8 heteroatoms. The summed E-state index contributed by atoms with van der Waals surface area (Å²) in [5, 5.41) is 27.7. The van der Waals surface area contributed by atoms with E-state index in [1.165, 1.54) is 0 Å². The van der Waals surface area contributed by atoms with Crippen molar-refractivity contribution in [3.63, 3.8) is 0 Å². The Morgan fingerprint density at radius 1 is 1.31 bits per heavy atom. The first-order chi connectivity index (χ1) is 12.8. The Morgan fingerprint density at radius 2 is 2.19 bits per heavy atom. The van der Waals surface area contributed by atoms with E-state index in [9.17, 15) is 10.1 Å². The van der Waals surface area contributed by atoms with Crippen LogP contribution in [0.25, 0.3) is 0 Å². The van der Waals surface area contributed by atoms with Gasteiger partial charge in [-0.2, -0.15) is 10.4 Å². The van der Waals surface area contributed by atoms with Gasteiger partial charge in [-0.25, -0.2) is 5.01 Å². The molecule has 0 spiro atoms. The fraction of sp³-hybridized carbons (Fsp3) is 0.167. The molecule has 130 valence electrons. The SMILES string of the molecule is N#Cc1ccccc1C1=NN2C(C(=O)NC3CNC=CN3)=CNC2C=C1. The molecule has 3 heterocycles. The first kappa shape index (κ1) is 15.8. The highest BCUT2D eigenvalue weighted by Crippen LogP contribution is 2.22. The zero-order chi connectivity index (χ0) is 17.9. The number of nitrogens with one attached hydrogen (secondary N) is 4. The van der Waals surface area contributed by atoms with Gasteiger partial charge in [0.1, 0.15) is 18.0 Å². The Bertz CT molecular complexity index is 893. The Labute approximate surface area is 150 Å². The second kappa shape index (κ2) is 6.64. The zero-order valence-electron chi connectivity index (χ0n) is 13.8. The third-order valence-electron chi connectivity index (χ3n) is 4.23. The maximum absolute atomic E-state index is 12.6. The third-order valence-corrected chi connectivity index (χ3v) is 4.23. The molecule has 4 rings (SSSR count). The summed E-state index contributed by atoms with van der Waals surface area (Å²) in [6.45, 7) is 0.594. The molecular formula is C18H17N7O. The van der Waals surface area contributed by atoms with Crippen LogP contribution in [-0.4, -0.2) is 35.5 Å². The van der Waals surface area contributed by atoms with Crippen LogP contribution in [0.15, 0.2) is 65.8 Å². The standard InChI is InChI=1S/C18H17N7O/c19-9-12-3-1-2-4-13(12)14-5-6-17-22-10-15(25(17)24-14)18(26)23-16-11-20-7-8-21-16/h1-8,10,16-17,20-22H,11H2,(H,23,26). The lowest BCUT2D eigenvalue weighted by Crippen LogP contribution is -2.52. The quantitative estimate of drug-likeness (QED) is 0.614. The number of carbonyl (C=O) groups excluding carboxylic acids is 1. The number of nitriles is 1. The van der Waals surface area contributed by atoms with Crippen LogP contribution in [0.3, 0.4) is 0 Å². The van der Waals surface area contributed by atoms with Gasteiger partial charge < -0.3 is 21.3 Å². The van der Waals surface area contributed by atoms with E-state index >= 15 is 0 Å². The molecule has 4 N–H and O–H groups in total. The van der Waals surface area contributed by atoms with Crippen molar-refractivity contribution in [2.45, 2.75) is 12.3 Å². The van der Waals surface area contributed by atoms with E-state index in [0.717, 1.165) is 5.56 Å². The number of hydrazone groups is 1. The van der Waals surface area contributed by atoms with Crippen molar-refractivity contribution < 1.29 is 4.79 Å². The molecule has 0 aliphatic carbocycles. The predicted octanol–water partition coefficient (Wildman–Crippen LogP) is 0.0112. The second-order valence-corrected chi connectivity index (χ2v) is 5.92. The third kappa shape index (κ3) is 2.86. The lowest BCUT2D eigenvalue weighted by atomic mass is 10.0. The van der Waals surface area contributed by atoms with Gasteiger partial charge in [0.25, 0.3) is 5.91 Å². The number of benzene rings is 1. The van der Waals surface area contributed by atoms with Gasteiger partial charge in [0.2, 0.25) is 0 Å². The van der Waals surface area contributed by atoms with E-state index in [2.05, 4.69) is 32.4 Å². The summed E-state index contributed by atoms with van der Waals surface area (Å²) < 4.78 is 0. The number of fused-ring (bicyclic) bond motifs is 1. The highest BCUT2D eigenvalue weighted by molar-refractivity contribution is 6.10. The van der Waals surface area contributed by atoms with E-state index < -0.39 is 0 Å². The minimum Gasteiger partial charge on any atom is -0.386 e. The van der Waals surface area contributed by atoms with Crippen LogP contribution >= 0.6 is 0 Å². The van der Waals surface area contributed by atoms with E-state index in [1.54, 1.807) is 29.7 Å². The Balaban J connectivity index is 1.56. The van der Waals surface area contributed by atoms with Crippen LogP contribution in [0.4, 0.5) is 0 Å². The smallest absolute Gasteiger partial charge is 0.272 e. The summed E-state index contributed by atoms with van der Waals surface area (Å²) in [6.07, 6.45) is 8.54. The Hall–Kier alpha value is -3.73. The number of allylic oxidation sites excluding steroid dienone is 1. The van der Waals surface area contributed by atoms with Gasteiger partial charge in [-0.15, -0.1) is 0 Å². The first-order valence-corrected chi connectivity index (χ1v) is 8.23. The summed E-state index contributed by atoms with van der Waals surface area (Å²) in [6, 6.07) is 9.45. The van der Waals surface area contributed by atoms with Gasteiger partial charge in [-0.3, -0.25) is 4.79 Å². The van der Waals surface area contributed by atoms with Crippen LogP contribution < -0.4 is 21.3 Å². The fourth-order valence-electron chi connectivity index (χ4n) is 2.95. The van der Waals surface area contributed by atoms with E-state index in [-0.39, 0.29) is 18.2 Å². The lowest BCUT2D eigenvalue weighted by Gasteiger charge is -2.27. The molecule has 8 nitrogen and oxygen atoms in total. The van der Waals surface area contributed by atoms with Gasteiger partial charge in [-0.1, -0.05) is 18.2 Å². The number of nitrogens with zero attached hydrogens (tertiary/aromatic N) is 3. The number of hydrogen-bond donors (Lipinski definition) is 4. The summed E-state index contributed by atoms with van der Waals surface area (Å²) in [5.41, 5.74) is 2.34. The topological polar surface area (TPSA) is 105 Å². The van der Waals surface area contributed by atoms with Gasteiger partial charge >= 0.3 is 0 Å². The molecule has 3 aliphatic heterocycles. The molecule has 2 unspecified atom stereocenters. The van der Waals surface area contributed by atoms with Gasteiger partial charge in [0, 0.05) is 24.2 Å². The summed E-state index contributed by atoms with van der Waals surface area (Å²) in [4.78, 5) is 12.6. The Morgan fingerprint density at radius 3 is 3.00 bits per heavy atom. The van der Waals surface area contributed by atoms with Crippen molar-refractivity contribution >= 4 is 11.6 Å². The van der Waals surface area contributed by atoms with Crippen molar-refractivity contribution in [1.29, 1.82) is 5.26 Å². The van der Waals surface area contributed by atoms with Crippen LogP contribution in [-0.2, 0) is 4.79 Å². The largest absolute Gasteiger partial charge is 0.386 e. The molecule has 0 saturated heterocycles. The highest BCUT2D eigenvalue weighted by Gasteiger charge is 2.32. The maximum Gasteiger partial charge on any atom is 0.272 e. The first-order valence-electron chi connectivity index (χ1n) is 8.23. The van der Waals surface area contributed by atoms with Crippen molar-refractivity contribution in [1.82, 2.24) is 26.3 Å². The van der Waals surface area contributed by atoms with Crippen LogP contribution in [0, 0.1) is 11.3 Å². The predicted molar refractivity (Wildman–Crippen MR) is 95.9 cm³/mol. The van der Waals surface area contributed by atoms with Crippen molar-refractivity contribution in [2.75, 3.05) is 6.54 Å². The second-order valence-electron chi connectivity index (χ2n) is 5.92. The van der Waals surface area contributed by atoms with E-state index in [1.807, 2.05) is 30.4 Å². The molecule has 0 bridgehead atoms. The van der Waals surface area contributed by atoms with Gasteiger partial charge in [-0.05, 0) is 18.2 Å². The summed E-state index contributed by atoms with van der Waals surface area (Å²) in [5.74, 6) is -0.235. The fourth-order valence-corrected chi connectivity index (χ4v) is 2.95. The van der Waals surface area contributed by atoms with Crippen LogP contribution in [0.2, 0.25) is 0 Å². The van der Waals surface area contributed by atoms with E-state index in [4.69, 9.17) is 0 Å². The monoisotopic (exact) mass is 347 g/mol. The molecule has 1 aromatic carbocycles. The molecule has 0 saturated carbocycles. The molecule has 1 aromatic rings. The number of hydrogen-bond acceptors (Lipinski definition) is 7. The molecule has 1 amide bonds. The normalized spacial score (nSPS) is 22.8. The Kier molecular flexibility index (Phi) is 4.03. The van der Waals surface area contributed by atoms with Gasteiger partial charge in [0.05, 0.1) is 23.9 Å². The lowest BCUT2D eigenvalue weighted by molar-refractivity contribution is -0.119. The minimum absolute atomic E-state index is 0.199. The summed E-state index contributed by atoms with van der Waals surface area (Å²) in [7, 11) is 0. The zero-order valence-corrected chi connectivity index (χ0v) is 13.8.